The summed E-state index contributed by atoms with van der Waals surface area (Å²) < 4.78 is 1.14. The van der Waals surface area contributed by atoms with Crippen molar-refractivity contribution in [1.82, 2.24) is 20.2 Å². The van der Waals surface area contributed by atoms with Crippen LogP contribution in [-0.4, -0.2) is 34.6 Å². The van der Waals surface area contributed by atoms with Gasteiger partial charge in [-0.1, -0.05) is 6.92 Å². The Bertz CT molecular complexity index is 884. The fraction of sp³-hybridized carbons (Fsp3) is 0.471. The molecular weight excluding hydrogens is 308 g/mol. The summed E-state index contributed by atoms with van der Waals surface area (Å²) in [4.78, 5) is 39.3. The minimum atomic E-state index is -0.459. The van der Waals surface area contributed by atoms with Crippen LogP contribution in [0.5, 0.6) is 0 Å². The lowest BCUT2D eigenvalue weighted by Gasteiger charge is -2.30. The highest BCUT2D eigenvalue weighted by Gasteiger charge is 2.23. The average Bonchev–Trinajstić information content (AvgIpc) is 2.56. The van der Waals surface area contributed by atoms with E-state index in [2.05, 4.69) is 22.5 Å². The number of hydrogen-bond acceptors (Lipinski definition) is 4. The minimum Gasteiger partial charge on any atom is -0.349 e. The SMILES string of the molecule is CCn1c(=O)[nH]c2cc(C(=O)NC3CCNCC3C)ccc2c1=O. The molecule has 0 aliphatic carbocycles. The Kier molecular flexibility index (Phi) is 4.53. The first-order valence-corrected chi connectivity index (χ1v) is 8.29. The zero-order valence-electron chi connectivity index (χ0n) is 13.9. The topological polar surface area (TPSA) is 96.0 Å². The maximum atomic E-state index is 12.5. The molecular formula is C17H22N4O3. The van der Waals surface area contributed by atoms with Gasteiger partial charge < -0.3 is 15.6 Å². The Balaban J connectivity index is 1.91. The van der Waals surface area contributed by atoms with Gasteiger partial charge in [0.15, 0.2) is 0 Å². The first-order chi connectivity index (χ1) is 11.5. The van der Waals surface area contributed by atoms with Gasteiger partial charge in [-0.3, -0.25) is 14.2 Å². The fourth-order valence-corrected chi connectivity index (χ4v) is 3.16. The van der Waals surface area contributed by atoms with Crippen molar-refractivity contribution >= 4 is 16.8 Å². The molecule has 3 N–H and O–H groups in total. The molecule has 24 heavy (non-hydrogen) atoms. The summed E-state index contributed by atoms with van der Waals surface area (Å²) in [6.45, 7) is 5.91. The molecule has 1 aliphatic rings. The lowest BCUT2D eigenvalue weighted by Crippen LogP contribution is -2.48. The Morgan fingerprint density at radius 1 is 1.38 bits per heavy atom. The number of hydrogen-bond donors (Lipinski definition) is 3. The van der Waals surface area contributed by atoms with E-state index in [1.54, 1.807) is 25.1 Å². The van der Waals surface area contributed by atoms with Crippen LogP contribution in [0.4, 0.5) is 0 Å². The van der Waals surface area contributed by atoms with Crippen molar-refractivity contribution in [2.24, 2.45) is 5.92 Å². The van der Waals surface area contributed by atoms with E-state index >= 15 is 0 Å². The van der Waals surface area contributed by atoms with Crippen LogP contribution in [0.25, 0.3) is 10.9 Å². The van der Waals surface area contributed by atoms with E-state index in [0.29, 0.717) is 28.9 Å². The normalized spacial score (nSPS) is 20.9. The molecule has 1 fully saturated rings. The van der Waals surface area contributed by atoms with Crippen LogP contribution in [0.2, 0.25) is 0 Å². The Morgan fingerprint density at radius 3 is 2.88 bits per heavy atom. The molecule has 2 heterocycles. The molecule has 2 atom stereocenters. The van der Waals surface area contributed by atoms with Crippen LogP contribution in [0.3, 0.4) is 0 Å². The number of fused-ring (bicyclic) bond motifs is 1. The zero-order valence-corrected chi connectivity index (χ0v) is 13.9. The van der Waals surface area contributed by atoms with E-state index in [4.69, 9.17) is 0 Å². The summed E-state index contributed by atoms with van der Waals surface area (Å²) in [5.74, 6) is 0.177. The highest BCUT2D eigenvalue weighted by Crippen LogP contribution is 2.13. The molecule has 128 valence electrons. The lowest BCUT2D eigenvalue weighted by atomic mass is 9.95. The number of nitrogens with zero attached hydrogens (tertiary/aromatic N) is 1. The Hall–Kier alpha value is -2.41. The number of amides is 1. The number of aromatic nitrogens is 2. The van der Waals surface area contributed by atoms with Crippen LogP contribution in [-0.2, 0) is 6.54 Å². The standard InChI is InChI=1S/C17H22N4O3/c1-3-21-16(23)12-5-4-11(8-14(12)20-17(21)24)15(22)19-13-6-7-18-9-10(13)2/h4-5,8,10,13,18H,3,6-7,9H2,1-2H3,(H,19,22)(H,20,24). The second-order valence-electron chi connectivity index (χ2n) is 6.29. The van der Waals surface area contributed by atoms with Crippen molar-refractivity contribution in [2.75, 3.05) is 13.1 Å². The Morgan fingerprint density at radius 2 is 2.17 bits per heavy atom. The van der Waals surface area contributed by atoms with E-state index in [-0.39, 0.29) is 17.5 Å². The van der Waals surface area contributed by atoms with E-state index < -0.39 is 5.69 Å². The number of rotatable bonds is 3. The van der Waals surface area contributed by atoms with Crippen LogP contribution >= 0.6 is 0 Å². The third-order valence-corrected chi connectivity index (χ3v) is 4.66. The largest absolute Gasteiger partial charge is 0.349 e. The van der Waals surface area contributed by atoms with Gasteiger partial charge in [0.05, 0.1) is 10.9 Å². The van der Waals surface area contributed by atoms with Gasteiger partial charge in [0, 0.05) is 18.2 Å². The van der Waals surface area contributed by atoms with E-state index in [1.807, 2.05) is 0 Å². The summed E-state index contributed by atoms with van der Waals surface area (Å²) >= 11 is 0. The molecule has 0 bridgehead atoms. The number of carbonyl (C=O) groups is 1. The quantitative estimate of drug-likeness (QED) is 0.761. The van der Waals surface area contributed by atoms with E-state index in [1.165, 1.54) is 0 Å². The number of nitrogens with one attached hydrogen (secondary N) is 3. The van der Waals surface area contributed by atoms with Crippen molar-refractivity contribution in [2.45, 2.75) is 32.9 Å². The van der Waals surface area contributed by atoms with Gasteiger partial charge in [-0.05, 0) is 50.6 Å². The molecule has 7 nitrogen and oxygen atoms in total. The van der Waals surface area contributed by atoms with Crippen LogP contribution in [0.1, 0.15) is 30.6 Å². The summed E-state index contributed by atoms with van der Waals surface area (Å²) in [5.41, 5.74) is 0.0351. The van der Waals surface area contributed by atoms with Gasteiger partial charge in [-0.25, -0.2) is 4.79 Å². The first-order valence-electron chi connectivity index (χ1n) is 8.29. The van der Waals surface area contributed by atoms with Gasteiger partial charge in [0.1, 0.15) is 0 Å². The van der Waals surface area contributed by atoms with E-state index in [0.717, 1.165) is 24.1 Å². The number of benzene rings is 1. The fourth-order valence-electron chi connectivity index (χ4n) is 3.16. The van der Waals surface area contributed by atoms with Crippen molar-refractivity contribution < 1.29 is 4.79 Å². The second kappa shape index (κ2) is 6.60. The van der Waals surface area contributed by atoms with Gasteiger partial charge in [-0.2, -0.15) is 0 Å². The van der Waals surface area contributed by atoms with Crippen molar-refractivity contribution in [3.63, 3.8) is 0 Å². The lowest BCUT2D eigenvalue weighted by molar-refractivity contribution is 0.0914. The van der Waals surface area contributed by atoms with Gasteiger partial charge in [0.2, 0.25) is 0 Å². The predicted octanol–water partition coefficient (Wildman–Crippen LogP) is 0.438. The van der Waals surface area contributed by atoms with Gasteiger partial charge in [0.25, 0.3) is 11.5 Å². The molecule has 0 saturated carbocycles. The summed E-state index contributed by atoms with van der Waals surface area (Å²) in [6, 6.07) is 4.92. The average molecular weight is 330 g/mol. The number of carbonyl (C=O) groups excluding carboxylic acids is 1. The van der Waals surface area contributed by atoms with Gasteiger partial charge >= 0.3 is 5.69 Å². The number of H-pyrrole nitrogens is 1. The summed E-state index contributed by atoms with van der Waals surface area (Å²) in [7, 11) is 0. The van der Waals surface area contributed by atoms with Crippen LogP contribution < -0.4 is 21.9 Å². The summed E-state index contributed by atoms with van der Waals surface area (Å²) in [6.07, 6.45) is 0.887. The zero-order chi connectivity index (χ0) is 17.3. The molecule has 7 heteroatoms. The van der Waals surface area contributed by atoms with Gasteiger partial charge in [-0.15, -0.1) is 0 Å². The molecule has 1 aliphatic heterocycles. The molecule has 0 radical (unpaired) electrons. The summed E-state index contributed by atoms with van der Waals surface area (Å²) in [5, 5.41) is 6.75. The third kappa shape index (κ3) is 2.99. The highest BCUT2D eigenvalue weighted by atomic mass is 16.2. The molecule has 1 amide bonds. The van der Waals surface area contributed by atoms with Crippen molar-refractivity contribution in [3.8, 4) is 0 Å². The number of aromatic amines is 1. The van der Waals surface area contributed by atoms with Crippen LogP contribution in [0, 0.1) is 5.92 Å². The first kappa shape index (κ1) is 16.4. The molecule has 0 spiro atoms. The molecule has 1 aromatic carbocycles. The molecule has 3 rings (SSSR count). The minimum absolute atomic E-state index is 0.126. The van der Waals surface area contributed by atoms with E-state index in [9.17, 15) is 14.4 Å². The van der Waals surface area contributed by atoms with Crippen molar-refractivity contribution in [1.29, 1.82) is 0 Å². The monoisotopic (exact) mass is 330 g/mol. The smallest absolute Gasteiger partial charge is 0.328 e. The van der Waals surface area contributed by atoms with Crippen molar-refractivity contribution in [3.05, 3.63) is 44.6 Å². The molecule has 2 aromatic rings. The number of piperidine rings is 1. The second-order valence-corrected chi connectivity index (χ2v) is 6.29. The molecule has 1 aromatic heterocycles. The predicted molar refractivity (Wildman–Crippen MR) is 92.4 cm³/mol. The Labute approximate surface area is 139 Å². The third-order valence-electron chi connectivity index (χ3n) is 4.66. The maximum Gasteiger partial charge on any atom is 0.328 e. The highest BCUT2D eigenvalue weighted by molar-refractivity contribution is 5.97. The maximum absolute atomic E-state index is 12.5. The van der Waals surface area contributed by atoms with Crippen LogP contribution in [0.15, 0.2) is 27.8 Å². The molecule has 2 unspecified atom stereocenters. The molecule has 1 saturated heterocycles.